The summed E-state index contributed by atoms with van der Waals surface area (Å²) in [4.78, 5) is 3.15. The number of aryl methyl sites for hydroxylation is 1. The first kappa shape index (κ1) is 6.47. The lowest BCUT2D eigenvalue weighted by atomic mass is 10.1. The fraction of sp³-hybridized carbons (Fsp3) is 0.100. The van der Waals surface area contributed by atoms with Gasteiger partial charge in [-0.2, -0.15) is 0 Å². The second kappa shape index (κ2) is 2.12. The molecule has 11 heavy (non-hydrogen) atoms. The van der Waals surface area contributed by atoms with E-state index in [1.807, 2.05) is 6.20 Å². The summed E-state index contributed by atoms with van der Waals surface area (Å²) in [6, 6.07) is 6.33. The maximum atomic E-state index is 3.92. The number of benzene rings is 1. The highest BCUT2D eigenvalue weighted by Gasteiger charge is 1.97. The molecule has 0 fully saturated rings. The maximum absolute atomic E-state index is 3.92. The molecule has 0 amide bonds. The highest BCUT2D eigenvalue weighted by atomic mass is 14.7. The molecule has 1 N–H and O–H groups in total. The van der Waals surface area contributed by atoms with Gasteiger partial charge >= 0.3 is 0 Å². The summed E-state index contributed by atoms with van der Waals surface area (Å²) in [6.07, 6.45) is 1.93. The third kappa shape index (κ3) is 0.929. The molecular weight excluding hydrogens is 134 g/mol. The molecular formula is C10H10N. The number of hydrogen-bond acceptors (Lipinski definition) is 0. The lowest BCUT2D eigenvalue weighted by Crippen LogP contribution is -1.72. The molecule has 1 nitrogen and oxygen atoms in total. The minimum absolute atomic E-state index is 1.07. The topological polar surface area (TPSA) is 15.8 Å². The normalized spacial score (nSPS) is 10.7. The van der Waals surface area contributed by atoms with Crippen molar-refractivity contribution in [3.05, 3.63) is 42.4 Å². The van der Waals surface area contributed by atoms with Gasteiger partial charge in [0.25, 0.3) is 0 Å². The number of aromatic nitrogens is 1. The van der Waals surface area contributed by atoms with Gasteiger partial charge in [-0.15, -0.1) is 0 Å². The molecule has 55 valence electrons. The summed E-state index contributed by atoms with van der Waals surface area (Å²) < 4.78 is 0. The van der Waals surface area contributed by atoms with Crippen LogP contribution in [0.15, 0.2) is 24.4 Å². The minimum Gasteiger partial charge on any atom is -0.361 e. The zero-order chi connectivity index (χ0) is 7.84. The van der Waals surface area contributed by atoms with Crippen molar-refractivity contribution < 1.29 is 0 Å². The van der Waals surface area contributed by atoms with Crippen molar-refractivity contribution in [2.75, 3.05) is 0 Å². The molecule has 2 rings (SSSR count). The van der Waals surface area contributed by atoms with E-state index in [1.165, 1.54) is 16.5 Å². The van der Waals surface area contributed by atoms with Crippen LogP contribution in [0.3, 0.4) is 0 Å². The fourth-order valence-corrected chi connectivity index (χ4v) is 1.29. The largest absolute Gasteiger partial charge is 0.361 e. The van der Waals surface area contributed by atoms with Crippen LogP contribution < -0.4 is 0 Å². The van der Waals surface area contributed by atoms with Crippen molar-refractivity contribution in [2.24, 2.45) is 0 Å². The molecule has 0 saturated heterocycles. The Labute approximate surface area is 66.1 Å². The lowest BCUT2D eigenvalue weighted by molar-refractivity contribution is 1.45. The second-order valence-electron chi connectivity index (χ2n) is 2.86. The molecule has 1 radical (unpaired) electrons. The van der Waals surface area contributed by atoms with Crippen molar-refractivity contribution >= 4 is 10.9 Å². The molecule has 0 saturated carbocycles. The van der Waals surface area contributed by atoms with E-state index in [2.05, 4.69) is 37.0 Å². The van der Waals surface area contributed by atoms with Crippen LogP contribution in [0.1, 0.15) is 11.1 Å². The third-order valence-corrected chi connectivity index (χ3v) is 1.92. The molecule has 0 unspecified atom stereocenters. The van der Waals surface area contributed by atoms with Gasteiger partial charge in [0.05, 0.1) is 0 Å². The lowest BCUT2D eigenvalue weighted by Gasteiger charge is -1.92. The summed E-state index contributed by atoms with van der Waals surface area (Å²) in [7, 11) is 0. The Balaban J connectivity index is 2.87. The zero-order valence-corrected chi connectivity index (χ0v) is 6.52. The van der Waals surface area contributed by atoms with Crippen LogP contribution in [0.5, 0.6) is 0 Å². The Morgan fingerprint density at radius 3 is 3.00 bits per heavy atom. The molecule has 0 spiro atoms. The Bertz CT molecular complexity index is 385. The van der Waals surface area contributed by atoms with Crippen molar-refractivity contribution in [2.45, 2.75) is 6.92 Å². The molecule has 2 aromatic rings. The van der Waals surface area contributed by atoms with E-state index in [9.17, 15) is 0 Å². The molecule has 0 bridgehead atoms. The molecule has 0 aliphatic rings. The van der Waals surface area contributed by atoms with Crippen LogP contribution >= 0.6 is 0 Å². The monoisotopic (exact) mass is 144 g/mol. The average molecular weight is 144 g/mol. The third-order valence-electron chi connectivity index (χ3n) is 1.92. The van der Waals surface area contributed by atoms with E-state index in [0.717, 1.165) is 5.56 Å². The van der Waals surface area contributed by atoms with Crippen LogP contribution in [0.25, 0.3) is 10.9 Å². The van der Waals surface area contributed by atoms with E-state index >= 15 is 0 Å². The molecule has 1 heterocycles. The number of aromatic amines is 1. The van der Waals surface area contributed by atoms with Gasteiger partial charge in [-0.1, -0.05) is 11.6 Å². The fourth-order valence-electron chi connectivity index (χ4n) is 1.29. The Morgan fingerprint density at radius 2 is 2.18 bits per heavy atom. The van der Waals surface area contributed by atoms with E-state index in [1.54, 1.807) is 0 Å². The van der Waals surface area contributed by atoms with Gasteiger partial charge in [0.1, 0.15) is 0 Å². The Kier molecular flexibility index (Phi) is 1.25. The predicted molar refractivity (Wildman–Crippen MR) is 47.5 cm³/mol. The van der Waals surface area contributed by atoms with Crippen molar-refractivity contribution in [3.8, 4) is 0 Å². The van der Waals surface area contributed by atoms with Gasteiger partial charge < -0.3 is 4.98 Å². The van der Waals surface area contributed by atoms with E-state index in [4.69, 9.17) is 0 Å². The predicted octanol–water partition coefficient (Wildman–Crippen LogP) is 2.66. The highest BCUT2D eigenvalue weighted by Crippen LogP contribution is 2.17. The van der Waals surface area contributed by atoms with Crippen molar-refractivity contribution in [3.63, 3.8) is 0 Å². The van der Waals surface area contributed by atoms with Gasteiger partial charge in [0.2, 0.25) is 0 Å². The van der Waals surface area contributed by atoms with Crippen LogP contribution in [0.4, 0.5) is 0 Å². The smallest absolute Gasteiger partial charge is 0.0456 e. The standard InChI is InChI=1S/C10H10N/c1-7-3-4-10-9(5-7)8(2)6-11-10/h3-6,11H,2H2,1H3. The summed E-state index contributed by atoms with van der Waals surface area (Å²) in [5.41, 5.74) is 3.52. The van der Waals surface area contributed by atoms with Crippen LogP contribution in [0, 0.1) is 13.8 Å². The number of rotatable bonds is 0. The van der Waals surface area contributed by atoms with Crippen LogP contribution in [-0.4, -0.2) is 4.98 Å². The van der Waals surface area contributed by atoms with Gasteiger partial charge in [-0.3, -0.25) is 0 Å². The molecule has 0 atom stereocenters. The van der Waals surface area contributed by atoms with Crippen LogP contribution in [-0.2, 0) is 0 Å². The first-order valence-electron chi connectivity index (χ1n) is 3.67. The number of hydrogen-bond donors (Lipinski definition) is 1. The first-order chi connectivity index (χ1) is 5.27. The van der Waals surface area contributed by atoms with Crippen molar-refractivity contribution in [1.29, 1.82) is 0 Å². The van der Waals surface area contributed by atoms with Gasteiger partial charge in [0.15, 0.2) is 0 Å². The van der Waals surface area contributed by atoms with E-state index in [0.29, 0.717) is 0 Å². The molecule has 0 aliphatic heterocycles. The van der Waals surface area contributed by atoms with Gasteiger partial charge in [0, 0.05) is 17.1 Å². The van der Waals surface area contributed by atoms with E-state index < -0.39 is 0 Å². The first-order valence-corrected chi connectivity index (χ1v) is 3.67. The maximum Gasteiger partial charge on any atom is 0.0456 e. The highest BCUT2D eigenvalue weighted by molar-refractivity contribution is 5.84. The molecule has 0 aliphatic carbocycles. The van der Waals surface area contributed by atoms with Crippen molar-refractivity contribution in [1.82, 2.24) is 4.98 Å². The second-order valence-corrected chi connectivity index (χ2v) is 2.86. The van der Waals surface area contributed by atoms with Crippen LogP contribution in [0.2, 0.25) is 0 Å². The molecule has 1 aromatic heterocycles. The number of fused-ring (bicyclic) bond motifs is 1. The molecule has 1 aromatic carbocycles. The number of H-pyrrole nitrogens is 1. The number of nitrogens with one attached hydrogen (secondary N) is 1. The van der Waals surface area contributed by atoms with Gasteiger partial charge in [-0.05, 0) is 31.5 Å². The SMILES string of the molecule is [CH2]c1c[nH]c2ccc(C)cc12. The molecule has 1 heteroatoms. The Hall–Kier alpha value is -1.24. The summed E-state index contributed by atoms with van der Waals surface area (Å²) in [6.45, 7) is 6.01. The average Bonchev–Trinajstić information content (AvgIpc) is 2.33. The summed E-state index contributed by atoms with van der Waals surface area (Å²) >= 11 is 0. The van der Waals surface area contributed by atoms with Gasteiger partial charge in [-0.25, -0.2) is 0 Å². The zero-order valence-electron chi connectivity index (χ0n) is 6.52. The summed E-state index contributed by atoms with van der Waals surface area (Å²) in [5.74, 6) is 0. The quantitative estimate of drug-likeness (QED) is 0.585. The minimum atomic E-state index is 1.07. The summed E-state index contributed by atoms with van der Waals surface area (Å²) in [5, 5.41) is 1.23. The van der Waals surface area contributed by atoms with E-state index in [-0.39, 0.29) is 0 Å². The Morgan fingerprint density at radius 1 is 1.36 bits per heavy atom.